The van der Waals surface area contributed by atoms with Crippen LogP contribution < -0.4 is 16.0 Å². The zero-order chi connectivity index (χ0) is 13.9. The fraction of sp³-hybridized carbons (Fsp3) is 0.0909. The van der Waals surface area contributed by atoms with Crippen LogP contribution in [-0.4, -0.2) is 27.0 Å². The number of hydrogen-bond acceptors (Lipinski definition) is 9. The van der Waals surface area contributed by atoms with E-state index < -0.39 is 0 Å². The SMILES string of the molecule is COc1nc(NN)nc(Sc2nc3ccccc3s2)n1. The third-order valence-electron chi connectivity index (χ3n) is 2.36. The number of nitrogens with two attached hydrogens (primary N) is 1. The number of rotatable bonds is 4. The van der Waals surface area contributed by atoms with E-state index in [0.717, 1.165) is 14.6 Å². The Labute approximate surface area is 122 Å². The molecule has 2 heterocycles. The van der Waals surface area contributed by atoms with Crippen molar-refractivity contribution in [1.29, 1.82) is 0 Å². The monoisotopic (exact) mass is 306 g/mol. The van der Waals surface area contributed by atoms with Crippen LogP contribution in [-0.2, 0) is 0 Å². The second-order valence-electron chi connectivity index (χ2n) is 3.62. The van der Waals surface area contributed by atoms with Crippen molar-refractivity contribution in [3.63, 3.8) is 0 Å². The number of para-hydroxylation sites is 1. The maximum absolute atomic E-state index is 5.32. The van der Waals surface area contributed by atoms with E-state index in [1.807, 2.05) is 24.3 Å². The van der Waals surface area contributed by atoms with Crippen molar-refractivity contribution in [1.82, 2.24) is 19.9 Å². The number of nitrogens with zero attached hydrogens (tertiary/aromatic N) is 4. The highest BCUT2D eigenvalue weighted by atomic mass is 32.2. The second kappa shape index (κ2) is 5.57. The number of nitrogens with one attached hydrogen (secondary N) is 1. The fourth-order valence-corrected chi connectivity index (χ4v) is 3.42. The lowest BCUT2D eigenvalue weighted by Crippen LogP contribution is -2.12. The molecule has 3 aromatic rings. The molecule has 102 valence electrons. The summed E-state index contributed by atoms with van der Waals surface area (Å²) in [6, 6.07) is 8.14. The first-order valence-corrected chi connectivity index (χ1v) is 7.22. The van der Waals surface area contributed by atoms with Crippen molar-refractivity contribution >= 4 is 39.3 Å². The number of methoxy groups -OCH3 is 1. The van der Waals surface area contributed by atoms with Crippen LogP contribution in [0.15, 0.2) is 33.8 Å². The van der Waals surface area contributed by atoms with E-state index >= 15 is 0 Å². The Morgan fingerprint density at radius 3 is 2.80 bits per heavy atom. The number of benzene rings is 1. The summed E-state index contributed by atoms with van der Waals surface area (Å²) < 4.78 is 6.97. The van der Waals surface area contributed by atoms with Gasteiger partial charge in [-0.2, -0.15) is 15.0 Å². The zero-order valence-electron chi connectivity index (χ0n) is 10.4. The van der Waals surface area contributed by atoms with E-state index in [1.165, 1.54) is 18.9 Å². The van der Waals surface area contributed by atoms with E-state index in [4.69, 9.17) is 10.6 Å². The molecule has 0 fully saturated rings. The first kappa shape index (κ1) is 13.0. The molecule has 0 spiro atoms. The summed E-state index contributed by atoms with van der Waals surface area (Å²) in [7, 11) is 1.49. The van der Waals surface area contributed by atoms with Crippen LogP contribution in [0.5, 0.6) is 6.01 Å². The third-order valence-corrected chi connectivity index (χ3v) is 4.32. The highest BCUT2D eigenvalue weighted by molar-refractivity contribution is 8.01. The maximum atomic E-state index is 5.32. The van der Waals surface area contributed by atoms with Gasteiger partial charge in [-0.3, -0.25) is 5.43 Å². The summed E-state index contributed by atoms with van der Waals surface area (Å²) in [6.45, 7) is 0. The van der Waals surface area contributed by atoms with Crippen LogP contribution in [0.1, 0.15) is 0 Å². The van der Waals surface area contributed by atoms with E-state index in [-0.39, 0.29) is 12.0 Å². The van der Waals surface area contributed by atoms with Gasteiger partial charge in [0.05, 0.1) is 17.3 Å². The molecule has 0 saturated carbocycles. The Morgan fingerprint density at radius 1 is 1.20 bits per heavy atom. The number of thiazole rings is 1. The van der Waals surface area contributed by atoms with E-state index in [2.05, 4.69) is 25.4 Å². The average molecular weight is 306 g/mol. The zero-order valence-corrected chi connectivity index (χ0v) is 12.0. The van der Waals surface area contributed by atoms with Crippen LogP contribution >= 0.6 is 23.1 Å². The number of hydrazine groups is 1. The van der Waals surface area contributed by atoms with Crippen LogP contribution in [0, 0.1) is 0 Å². The highest BCUT2D eigenvalue weighted by Crippen LogP contribution is 2.33. The van der Waals surface area contributed by atoms with Crippen LogP contribution in [0.2, 0.25) is 0 Å². The number of ether oxygens (including phenoxy) is 1. The quantitative estimate of drug-likeness (QED) is 0.557. The van der Waals surface area contributed by atoms with Crippen molar-refractivity contribution in [2.24, 2.45) is 5.84 Å². The molecule has 0 radical (unpaired) electrons. The molecule has 0 amide bonds. The summed E-state index contributed by atoms with van der Waals surface area (Å²) in [5, 5.41) is 0.476. The molecule has 20 heavy (non-hydrogen) atoms. The smallest absolute Gasteiger partial charge is 0.322 e. The number of hydrogen-bond donors (Lipinski definition) is 2. The number of nitrogen functional groups attached to an aromatic ring is 1. The molecule has 0 unspecified atom stereocenters. The number of fused-ring (bicyclic) bond motifs is 1. The molecule has 0 atom stereocenters. The summed E-state index contributed by atoms with van der Waals surface area (Å²) >= 11 is 2.92. The Kier molecular flexibility index (Phi) is 3.63. The first-order valence-electron chi connectivity index (χ1n) is 5.58. The lowest BCUT2D eigenvalue weighted by atomic mass is 10.3. The molecule has 0 aliphatic rings. The van der Waals surface area contributed by atoms with Crippen LogP contribution in [0.25, 0.3) is 10.2 Å². The van der Waals surface area contributed by atoms with E-state index in [0.29, 0.717) is 5.16 Å². The largest absolute Gasteiger partial charge is 0.467 e. The fourth-order valence-electron chi connectivity index (χ4n) is 1.51. The molecule has 0 saturated heterocycles. The van der Waals surface area contributed by atoms with Crippen molar-refractivity contribution < 1.29 is 4.74 Å². The lowest BCUT2D eigenvalue weighted by Gasteiger charge is -2.03. The van der Waals surface area contributed by atoms with Crippen molar-refractivity contribution in [2.45, 2.75) is 9.50 Å². The van der Waals surface area contributed by atoms with Gasteiger partial charge in [-0.25, -0.2) is 10.8 Å². The summed E-state index contributed by atoms with van der Waals surface area (Å²) in [6.07, 6.45) is 0. The minimum Gasteiger partial charge on any atom is -0.467 e. The van der Waals surface area contributed by atoms with E-state index in [9.17, 15) is 0 Å². The molecule has 0 aliphatic heterocycles. The van der Waals surface area contributed by atoms with Gasteiger partial charge < -0.3 is 4.74 Å². The van der Waals surface area contributed by atoms with Gasteiger partial charge in [0.1, 0.15) is 0 Å². The average Bonchev–Trinajstić information content (AvgIpc) is 2.88. The normalized spacial score (nSPS) is 10.7. The lowest BCUT2D eigenvalue weighted by molar-refractivity contribution is 0.373. The molecule has 2 aromatic heterocycles. The minimum absolute atomic E-state index is 0.205. The van der Waals surface area contributed by atoms with Gasteiger partial charge in [0, 0.05) is 0 Å². The summed E-state index contributed by atoms with van der Waals surface area (Å²) in [5.74, 6) is 5.57. The van der Waals surface area contributed by atoms with Gasteiger partial charge in [0.15, 0.2) is 4.34 Å². The van der Waals surface area contributed by atoms with Gasteiger partial charge in [-0.15, -0.1) is 11.3 Å². The Bertz CT molecular complexity index is 691. The molecule has 1 aromatic carbocycles. The van der Waals surface area contributed by atoms with Crippen LogP contribution in [0.4, 0.5) is 5.95 Å². The topological polar surface area (TPSA) is 98.8 Å². The summed E-state index contributed by atoms with van der Waals surface area (Å²) in [4.78, 5) is 16.8. The van der Waals surface area contributed by atoms with Crippen LogP contribution in [0.3, 0.4) is 0 Å². The van der Waals surface area contributed by atoms with E-state index in [1.54, 1.807) is 11.3 Å². The first-order chi connectivity index (χ1) is 9.78. The molecule has 9 heteroatoms. The molecule has 3 rings (SSSR count). The standard InChI is InChI=1S/C11H10N6OS2/c1-18-9-14-8(17-12)15-10(16-9)20-11-13-6-4-2-3-5-7(6)19-11/h2-5H,12H2,1H3,(H,14,15,16,17). The van der Waals surface area contributed by atoms with Gasteiger partial charge in [0.2, 0.25) is 11.1 Å². The summed E-state index contributed by atoms with van der Waals surface area (Å²) in [5.41, 5.74) is 3.34. The molecule has 3 N–H and O–H groups in total. The Hall–Kier alpha value is -1.97. The Morgan fingerprint density at radius 2 is 2.05 bits per heavy atom. The predicted octanol–water partition coefficient (Wildman–Crippen LogP) is 1.93. The van der Waals surface area contributed by atoms with Gasteiger partial charge in [-0.05, 0) is 23.9 Å². The van der Waals surface area contributed by atoms with Gasteiger partial charge in [0.25, 0.3) is 0 Å². The predicted molar refractivity (Wildman–Crippen MR) is 77.9 cm³/mol. The van der Waals surface area contributed by atoms with Gasteiger partial charge in [-0.1, -0.05) is 12.1 Å². The third kappa shape index (κ3) is 2.64. The Balaban J connectivity index is 1.93. The maximum Gasteiger partial charge on any atom is 0.322 e. The molecule has 7 nitrogen and oxygen atoms in total. The second-order valence-corrected chi connectivity index (χ2v) is 5.87. The number of aromatic nitrogens is 4. The highest BCUT2D eigenvalue weighted by Gasteiger charge is 2.11. The van der Waals surface area contributed by atoms with Crippen molar-refractivity contribution in [2.75, 3.05) is 12.5 Å². The van der Waals surface area contributed by atoms with Gasteiger partial charge >= 0.3 is 6.01 Å². The molecule has 0 bridgehead atoms. The molecular formula is C11H10N6OS2. The minimum atomic E-state index is 0.205. The van der Waals surface area contributed by atoms with Crippen molar-refractivity contribution in [3.05, 3.63) is 24.3 Å². The molecule has 0 aliphatic carbocycles. The number of anilines is 1. The molecular weight excluding hydrogens is 296 g/mol. The van der Waals surface area contributed by atoms with Crippen molar-refractivity contribution in [3.8, 4) is 6.01 Å².